The number of carbonyl (C=O) groups excluding carboxylic acids is 1. The monoisotopic (exact) mass is 239 g/mol. The van der Waals surface area contributed by atoms with Crippen LogP contribution in [0.3, 0.4) is 0 Å². The van der Waals surface area contributed by atoms with Gasteiger partial charge in [-0.25, -0.2) is 4.79 Å². The molecule has 0 aromatic carbocycles. The van der Waals surface area contributed by atoms with Crippen LogP contribution in [0.15, 0.2) is 0 Å². The Morgan fingerprint density at radius 3 is 3.00 bits per heavy atom. The van der Waals surface area contributed by atoms with Crippen LogP contribution in [-0.2, 0) is 0 Å². The minimum absolute atomic E-state index is 0.00868. The van der Waals surface area contributed by atoms with Gasteiger partial charge in [0.1, 0.15) is 0 Å². The molecule has 2 atom stereocenters. The predicted molar refractivity (Wildman–Crippen MR) is 68.9 cm³/mol. The minimum Gasteiger partial charge on any atom is -0.338 e. The zero-order valence-electron chi connectivity index (χ0n) is 11.0. The second-order valence-corrected chi connectivity index (χ2v) is 5.97. The summed E-state index contributed by atoms with van der Waals surface area (Å²) in [5.74, 6) is 0.506. The fraction of sp³-hybridized carbons (Fsp3) is 0.923. The number of hydrogen-bond donors (Lipinski definition) is 3. The molecule has 17 heavy (non-hydrogen) atoms. The number of amides is 2. The molecule has 3 N–H and O–H groups in total. The van der Waals surface area contributed by atoms with E-state index in [-0.39, 0.29) is 6.03 Å². The standard InChI is InChI=1S/C13H25N3O/c1-10(2)8-15-12(17)16-9-13-5-3-4-11(13)14-7-6-13/h10-11,14H,3-9H2,1-2H3,(H2,15,16,17)/t11-,13-/m1/s1. The van der Waals surface area contributed by atoms with Gasteiger partial charge in [0.2, 0.25) is 0 Å². The molecule has 2 amide bonds. The number of hydrogen-bond acceptors (Lipinski definition) is 2. The molecule has 0 bridgehead atoms. The number of rotatable bonds is 4. The lowest BCUT2D eigenvalue weighted by atomic mass is 9.82. The van der Waals surface area contributed by atoms with Gasteiger partial charge in [-0.1, -0.05) is 20.3 Å². The van der Waals surface area contributed by atoms with Crippen LogP contribution in [0.4, 0.5) is 4.79 Å². The zero-order valence-corrected chi connectivity index (χ0v) is 11.0. The number of carbonyl (C=O) groups is 1. The first-order chi connectivity index (χ1) is 8.12. The summed E-state index contributed by atoms with van der Waals surface area (Å²) in [4.78, 5) is 11.6. The lowest BCUT2D eigenvalue weighted by Crippen LogP contribution is -2.46. The maximum absolute atomic E-state index is 11.6. The summed E-state index contributed by atoms with van der Waals surface area (Å²) in [5.41, 5.74) is 0.342. The minimum atomic E-state index is -0.00868. The van der Waals surface area contributed by atoms with E-state index < -0.39 is 0 Å². The first kappa shape index (κ1) is 12.7. The summed E-state index contributed by atoms with van der Waals surface area (Å²) < 4.78 is 0. The summed E-state index contributed by atoms with van der Waals surface area (Å²) in [5, 5.41) is 9.53. The molecule has 0 aromatic heterocycles. The average molecular weight is 239 g/mol. The highest BCUT2D eigenvalue weighted by Crippen LogP contribution is 2.43. The van der Waals surface area contributed by atoms with Gasteiger partial charge >= 0.3 is 6.03 Å². The van der Waals surface area contributed by atoms with Gasteiger partial charge in [0, 0.05) is 24.5 Å². The second-order valence-electron chi connectivity index (χ2n) is 5.97. The van der Waals surface area contributed by atoms with Gasteiger partial charge in [0.25, 0.3) is 0 Å². The van der Waals surface area contributed by atoms with Crippen LogP contribution in [0.5, 0.6) is 0 Å². The Morgan fingerprint density at radius 1 is 1.41 bits per heavy atom. The molecule has 4 nitrogen and oxygen atoms in total. The van der Waals surface area contributed by atoms with Crippen molar-refractivity contribution < 1.29 is 4.79 Å². The van der Waals surface area contributed by atoms with Crippen LogP contribution < -0.4 is 16.0 Å². The SMILES string of the molecule is CC(C)CNC(=O)NC[C@]12CCC[C@H]1NCC2. The van der Waals surface area contributed by atoms with Crippen LogP contribution in [0, 0.1) is 11.3 Å². The van der Waals surface area contributed by atoms with E-state index in [2.05, 4.69) is 29.8 Å². The van der Waals surface area contributed by atoms with Crippen molar-refractivity contribution in [3.8, 4) is 0 Å². The van der Waals surface area contributed by atoms with Crippen molar-refractivity contribution in [2.75, 3.05) is 19.6 Å². The van der Waals surface area contributed by atoms with Crippen LogP contribution in [-0.4, -0.2) is 31.7 Å². The third-order valence-corrected chi connectivity index (χ3v) is 4.19. The van der Waals surface area contributed by atoms with Gasteiger partial charge in [-0.3, -0.25) is 0 Å². The Hall–Kier alpha value is -0.770. The molecule has 0 radical (unpaired) electrons. The van der Waals surface area contributed by atoms with Gasteiger partial charge in [-0.05, 0) is 31.7 Å². The van der Waals surface area contributed by atoms with Crippen molar-refractivity contribution in [3.63, 3.8) is 0 Å². The van der Waals surface area contributed by atoms with E-state index in [0.717, 1.165) is 19.6 Å². The number of fused-ring (bicyclic) bond motifs is 1. The van der Waals surface area contributed by atoms with Crippen LogP contribution in [0.2, 0.25) is 0 Å². The van der Waals surface area contributed by atoms with Crippen molar-refractivity contribution in [3.05, 3.63) is 0 Å². The molecular formula is C13H25N3O. The lowest BCUT2D eigenvalue weighted by Gasteiger charge is -2.29. The predicted octanol–water partition coefficient (Wildman–Crippen LogP) is 1.47. The molecule has 2 fully saturated rings. The Morgan fingerprint density at radius 2 is 2.24 bits per heavy atom. The first-order valence-corrected chi connectivity index (χ1v) is 6.87. The summed E-state index contributed by atoms with van der Waals surface area (Å²) in [6, 6.07) is 0.624. The Labute approximate surface area is 104 Å². The van der Waals surface area contributed by atoms with Crippen molar-refractivity contribution in [2.45, 2.75) is 45.6 Å². The van der Waals surface area contributed by atoms with Gasteiger partial charge in [-0.2, -0.15) is 0 Å². The maximum atomic E-state index is 11.6. The summed E-state index contributed by atoms with van der Waals surface area (Å²) in [6.45, 7) is 6.90. The molecule has 1 aliphatic carbocycles. The van der Waals surface area contributed by atoms with Crippen LogP contribution in [0.25, 0.3) is 0 Å². The molecule has 2 rings (SSSR count). The smallest absolute Gasteiger partial charge is 0.314 e. The highest BCUT2D eigenvalue weighted by Gasteiger charge is 2.45. The fourth-order valence-corrected chi connectivity index (χ4v) is 3.17. The molecular weight excluding hydrogens is 214 g/mol. The molecule has 0 aromatic rings. The molecule has 1 heterocycles. The third-order valence-electron chi connectivity index (χ3n) is 4.19. The van der Waals surface area contributed by atoms with Crippen molar-refractivity contribution in [2.24, 2.45) is 11.3 Å². The molecule has 98 valence electrons. The largest absolute Gasteiger partial charge is 0.338 e. The molecule has 4 heteroatoms. The van der Waals surface area contributed by atoms with E-state index in [0.29, 0.717) is 17.4 Å². The summed E-state index contributed by atoms with van der Waals surface area (Å²) in [6.07, 6.45) is 5.04. The Bertz CT molecular complexity index is 268. The average Bonchev–Trinajstić information content (AvgIpc) is 2.82. The van der Waals surface area contributed by atoms with Gasteiger partial charge in [0.05, 0.1) is 0 Å². The highest BCUT2D eigenvalue weighted by atomic mass is 16.2. The maximum Gasteiger partial charge on any atom is 0.314 e. The number of urea groups is 1. The topological polar surface area (TPSA) is 53.2 Å². The Kier molecular flexibility index (Phi) is 3.92. The molecule has 0 unspecified atom stereocenters. The van der Waals surface area contributed by atoms with Gasteiger partial charge in [-0.15, -0.1) is 0 Å². The number of nitrogens with one attached hydrogen (secondary N) is 3. The molecule has 2 aliphatic rings. The fourth-order valence-electron chi connectivity index (χ4n) is 3.17. The van der Waals surface area contributed by atoms with E-state index in [4.69, 9.17) is 0 Å². The Balaban J connectivity index is 1.75. The summed E-state index contributed by atoms with van der Waals surface area (Å²) >= 11 is 0. The van der Waals surface area contributed by atoms with Crippen molar-refractivity contribution >= 4 is 6.03 Å². The highest BCUT2D eigenvalue weighted by molar-refractivity contribution is 5.73. The third kappa shape index (κ3) is 2.92. The quantitative estimate of drug-likeness (QED) is 0.696. The summed E-state index contributed by atoms with van der Waals surface area (Å²) in [7, 11) is 0. The van der Waals surface area contributed by atoms with Crippen LogP contribution >= 0.6 is 0 Å². The zero-order chi connectivity index (χ0) is 12.3. The van der Waals surface area contributed by atoms with E-state index >= 15 is 0 Å². The normalized spacial score (nSPS) is 31.6. The second kappa shape index (κ2) is 5.25. The van der Waals surface area contributed by atoms with Crippen molar-refractivity contribution in [1.29, 1.82) is 0 Å². The van der Waals surface area contributed by atoms with E-state index in [1.807, 2.05) is 0 Å². The van der Waals surface area contributed by atoms with E-state index in [1.165, 1.54) is 25.7 Å². The van der Waals surface area contributed by atoms with E-state index in [9.17, 15) is 4.79 Å². The molecule has 1 saturated heterocycles. The first-order valence-electron chi connectivity index (χ1n) is 6.87. The molecule has 0 spiro atoms. The lowest BCUT2D eigenvalue weighted by molar-refractivity contribution is 0.224. The van der Waals surface area contributed by atoms with Crippen LogP contribution in [0.1, 0.15) is 39.5 Å². The molecule has 1 saturated carbocycles. The van der Waals surface area contributed by atoms with Gasteiger partial charge < -0.3 is 16.0 Å². The van der Waals surface area contributed by atoms with Gasteiger partial charge in [0.15, 0.2) is 0 Å². The molecule has 1 aliphatic heterocycles. The van der Waals surface area contributed by atoms with E-state index in [1.54, 1.807) is 0 Å². The van der Waals surface area contributed by atoms with Crippen molar-refractivity contribution in [1.82, 2.24) is 16.0 Å².